The van der Waals surface area contributed by atoms with E-state index in [4.69, 9.17) is 4.74 Å². The molecule has 1 spiro atoms. The van der Waals surface area contributed by atoms with E-state index in [1.54, 1.807) is 6.20 Å². The standard InChI is InChI=1S/C9H12N4O3/c14-13(15)12-4-1-9(2-5-12)7-11-6-3-10-8(11)16-9/h3,6H,1-2,4-5,7H2. The highest BCUT2D eigenvalue weighted by atomic mass is 16.7. The van der Waals surface area contributed by atoms with Crippen LogP contribution in [0, 0.1) is 10.1 Å². The molecule has 0 radical (unpaired) electrons. The maximum Gasteiger partial charge on any atom is 0.296 e. The number of hydrogen-bond acceptors (Lipinski definition) is 4. The molecule has 7 nitrogen and oxygen atoms in total. The van der Waals surface area contributed by atoms with Crippen LogP contribution in [0.1, 0.15) is 12.8 Å². The second kappa shape index (κ2) is 3.10. The average molecular weight is 224 g/mol. The Morgan fingerprint density at radius 3 is 2.88 bits per heavy atom. The number of nitrogens with zero attached hydrogens (tertiary/aromatic N) is 4. The lowest BCUT2D eigenvalue weighted by molar-refractivity contribution is -0.658. The second-order valence-electron chi connectivity index (χ2n) is 4.31. The summed E-state index contributed by atoms with van der Waals surface area (Å²) in [6, 6.07) is 0.634. The molecule has 2 aliphatic rings. The molecule has 3 heterocycles. The predicted octanol–water partition coefficient (Wildman–Crippen LogP) is 0.302. The van der Waals surface area contributed by atoms with E-state index in [2.05, 4.69) is 4.98 Å². The minimum absolute atomic E-state index is 0.268. The van der Waals surface area contributed by atoms with Crippen molar-refractivity contribution in [2.75, 3.05) is 13.1 Å². The van der Waals surface area contributed by atoms with Crippen molar-refractivity contribution in [1.29, 1.82) is 0 Å². The molecule has 0 bridgehead atoms. The van der Waals surface area contributed by atoms with Crippen LogP contribution >= 0.6 is 0 Å². The number of aromatic nitrogens is 2. The molecule has 1 saturated heterocycles. The van der Waals surface area contributed by atoms with Crippen molar-refractivity contribution in [3.05, 3.63) is 22.5 Å². The molecule has 1 fully saturated rings. The van der Waals surface area contributed by atoms with Crippen molar-refractivity contribution < 1.29 is 9.77 Å². The Bertz CT molecular complexity index is 400. The monoisotopic (exact) mass is 224 g/mol. The van der Waals surface area contributed by atoms with Gasteiger partial charge in [-0.15, -0.1) is 5.01 Å². The zero-order valence-corrected chi connectivity index (χ0v) is 8.70. The van der Waals surface area contributed by atoms with Gasteiger partial charge in [-0.1, -0.05) is 0 Å². The van der Waals surface area contributed by atoms with E-state index in [1.165, 1.54) is 5.01 Å². The zero-order valence-electron chi connectivity index (χ0n) is 8.70. The van der Waals surface area contributed by atoms with Gasteiger partial charge in [-0.25, -0.2) is 15.1 Å². The lowest BCUT2D eigenvalue weighted by Gasteiger charge is -2.33. The molecular weight excluding hydrogens is 212 g/mol. The van der Waals surface area contributed by atoms with Gasteiger partial charge in [0.05, 0.1) is 19.6 Å². The van der Waals surface area contributed by atoms with Gasteiger partial charge in [0, 0.05) is 25.2 Å². The fraction of sp³-hybridized carbons (Fsp3) is 0.667. The van der Waals surface area contributed by atoms with Gasteiger partial charge in [0.1, 0.15) is 5.60 Å². The Labute approximate surface area is 91.7 Å². The number of nitro groups is 1. The first-order chi connectivity index (χ1) is 7.69. The van der Waals surface area contributed by atoms with E-state index >= 15 is 0 Å². The topological polar surface area (TPSA) is 73.4 Å². The summed E-state index contributed by atoms with van der Waals surface area (Å²) in [5.41, 5.74) is -0.268. The van der Waals surface area contributed by atoms with E-state index in [0.29, 0.717) is 31.9 Å². The summed E-state index contributed by atoms with van der Waals surface area (Å²) >= 11 is 0. The van der Waals surface area contributed by atoms with Crippen molar-refractivity contribution in [3.8, 4) is 6.01 Å². The molecule has 0 atom stereocenters. The molecule has 1 aromatic rings. The first kappa shape index (κ1) is 9.44. The van der Waals surface area contributed by atoms with E-state index in [-0.39, 0.29) is 10.6 Å². The van der Waals surface area contributed by atoms with Gasteiger partial charge >= 0.3 is 0 Å². The van der Waals surface area contributed by atoms with Crippen LogP contribution in [0.15, 0.2) is 12.4 Å². The normalized spacial score (nSPS) is 21.9. The number of hydrazine groups is 1. The lowest BCUT2D eigenvalue weighted by Crippen LogP contribution is -2.49. The summed E-state index contributed by atoms with van der Waals surface area (Å²) in [7, 11) is 0. The zero-order chi connectivity index (χ0) is 11.2. The molecule has 16 heavy (non-hydrogen) atoms. The Kier molecular flexibility index (Phi) is 1.83. The Balaban J connectivity index is 1.71. The summed E-state index contributed by atoms with van der Waals surface area (Å²) < 4.78 is 7.77. The molecule has 7 heteroatoms. The number of ether oxygens (including phenoxy) is 1. The molecule has 0 N–H and O–H groups in total. The Morgan fingerprint density at radius 1 is 1.50 bits per heavy atom. The quantitative estimate of drug-likeness (QED) is 0.506. The lowest BCUT2D eigenvalue weighted by atomic mass is 9.92. The summed E-state index contributed by atoms with van der Waals surface area (Å²) in [5, 5.41) is 11.5. The molecule has 0 amide bonds. The van der Waals surface area contributed by atoms with Gasteiger partial charge in [-0.3, -0.25) is 4.57 Å². The van der Waals surface area contributed by atoms with Crippen LogP contribution in [0.5, 0.6) is 6.01 Å². The molecule has 0 unspecified atom stereocenters. The van der Waals surface area contributed by atoms with Crippen LogP contribution in [0.4, 0.5) is 0 Å². The Morgan fingerprint density at radius 2 is 2.25 bits per heavy atom. The largest absolute Gasteiger partial charge is 0.456 e. The van der Waals surface area contributed by atoms with Crippen LogP contribution in [0.3, 0.4) is 0 Å². The first-order valence-corrected chi connectivity index (χ1v) is 5.28. The number of rotatable bonds is 1. The van der Waals surface area contributed by atoms with Gasteiger partial charge in [0.2, 0.25) is 0 Å². The fourth-order valence-electron chi connectivity index (χ4n) is 2.38. The summed E-state index contributed by atoms with van der Waals surface area (Å²) in [6.07, 6.45) is 4.94. The minimum Gasteiger partial charge on any atom is -0.456 e. The van der Waals surface area contributed by atoms with E-state index < -0.39 is 0 Å². The third kappa shape index (κ3) is 1.31. The molecule has 3 rings (SSSR count). The molecule has 0 saturated carbocycles. The average Bonchev–Trinajstić information content (AvgIpc) is 2.77. The fourth-order valence-corrected chi connectivity index (χ4v) is 2.38. The van der Waals surface area contributed by atoms with Gasteiger partial charge in [0.25, 0.3) is 6.01 Å². The van der Waals surface area contributed by atoms with Crippen LogP contribution in [0.2, 0.25) is 0 Å². The predicted molar refractivity (Wildman–Crippen MR) is 53.4 cm³/mol. The number of hydrogen-bond donors (Lipinski definition) is 0. The molecular formula is C9H12N4O3. The minimum atomic E-state index is -0.333. The van der Waals surface area contributed by atoms with Gasteiger partial charge < -0.3 is 4.74 Å². The van der Waals surface area contributed by atoms with Crippen LogP contribution in [0.25, 0.3) is 0 Å². The maximum atomic E-state index is 10.6. The van der Waals surface area contributed by atoms with Crippen LogP contribution in [-0.2, 0) is 6.54 Å². The van der Waals surface area contributed by atoms with Crippen molar-refractivity contribution in [1.82, 2.24) is 14.6 Å². The van der Waals surface area contributed by atoms with Gasteiger partial charge in [0.15, 0.2) is 5.03 Å². The summed E-state index contributed by atoms with van der Waals surface area (Å²) in [5.74, 6) is 0. The first-order valence-electron chi connectivity index (χ1n) is 5.28. The van der Waals surface area contributed by atoms with Gasteiger partial charge in [-0.2, -0.15) is 0 Å². The number of fused-ring (bicyclic) bond motifs is 1. The summed E-state index contributed by atoms with van der Waals surface area (Å²) in [4.78, 5) is 14.7. The van der Waals surface area contributed by atoms with Crippen molar-refractivity contribution in [2.45, 2.75) is 25.0 Å². The van der Waals surface area contributed by atoms with E-state index in [0.717, 1.165) is 6.54 Å². The molecule has 0 aromatic carbocycles. The number of imidazole rings is 1. The van der Waals surface area contributed by atoms with Crippen LogP contribution in [-0.4, -0.2) is 38.3 Å². The SMILES string of the molecule is O=[N+]([O-])N1CCC2(CC1)Cn1ccnc1O2. The van der Waals surface area contributed by atoms with E-state index in [1.807, 2.05) is 10.8 Å². The Hall–Kier alpha value is -1.79. The van der Waals surface area contributed by atoms with Crippen molar-refractivity contribution in [2.24, 2.45) is 0 Å². The second-order valence-corrected chi connectivity index (χ2v) is 4.31. The molecule has 1 aromatic heterocycles. The third-order valence-electron chi connectivity index (χ3n) is 3.33. The summed E-state index contributed by atoms with van der Waals surface area (Å²) in [6.45, 7) is 1.64. The van der Waals surface area contributed by atoms with Crippen LogP contribution < -0.4 is 4.74 Å². The molecule has 0 aliphatic carbocycles. The van der Waals surface area contributed by atoms with Gasteiger partial charge in [-0.05, 0) is 0 Å². The van der Waals surface area contributed by atoms with E-state index in [9.17, 15) is 10.1 Å². The highest BCUT2D eigenvalue weighted by Crippen LogP contribution is 2.35. The highest BCUT2D eigenvalue weighted by Gasteiger charge is 2.44. The van der Waals surface area contributed by atoms with Crippen molar-refractivity contribution in [3.63, 3.8) is 0 Å². The van der Waals surface area contributed by atoms with Crippen molar-refractivity contribution >= 4 is 0 Å². The molecule has 2 aliphatic heterocycles. The third-order valence-corrected chi connectivity index (χ3v) is 3.33. The molecule has 86 valence electrons. The highest BCUT2D eigenvalue weighted by molar-refractivity contribution is 5.09. The smallest absolute Gasteiger partial charge is 0.296 e. The maximum absolute atomic E-state index is 10.6. The number of piperidine rings is 1.